The third kappa shape index (κ3) is 4.27. The minimum absolute atomic E-state index is 0.217. The van der Waals surface area contributed by atoms with Crippen LogP contribution in [0.15, 0.2) is 73.1 Å². The van der Waals surface area contributed by atoms with Gasteiger partial charge in [0.15, 0.2) is 0 Å². The van der Waals surface area contributed by atoms with E-state index in [0.717, 1.165) is 28.9 Å². The van der Waals surface area contributed by atoms with Gasteiger partial charge in [-0.2, -0.15) is 0 Å². The third-order valence-electron chi connectivity index (χ3n) is 4.72. The Hall–Kier alpha value is -3.67. The molecule has 2 aromatic carbocycles. The summed E-state index contributed by atoms with van der Waals surface area (Å²) in [5.74, 6) is 0.319. The number of imidazole rings is 1. The number of carbonyl (C=O) groups excluding carboxylic acids is 1. The summed E-state index contributed by atoms with van der Waals surface area (Å²) in [7, 11) is 1.63. The van der Waals surface area contributed by atoms with E-state index in [1.54, 1.807) is 29.8 Å². The van der Waals surface area contributed by atoms with Gasteiger partial charge < -0.3 is 14.5 Å². The molecular formula is C23H20FN3O2. The quantitative estimate of drug-likeness (QED) is 0.540. The summed E-state index contributed by atoms with van der Waals surface area (Å²) in [6, 6.07) is 17.8. The van der Waals surface area contributed by atoms with Crippen LogP contribution < -0.4 is 10.1 Å². The van der Waals surface area contributed by atoms with Crippen LogP contribution in [-0.2, 0) is 6.42 Å². The summed E-state index contributed by atoms with van der Waals surface area (Å²) in [5.41, 5.74) is 3.96. The summed E-state index contributed by atoms with van der Waals surface area (Å²) >= 11 is 0. The van der Waals surface area contributed by atoms with Crippen LogP contribution in [0.25, 0.3) is 16.8 Å². The lowest BCUT2D eigenvalue weighted by atomic mass is 10.1. The van der Waals surface area contributed by atoms with E-state index in [1.165, 1.54) is 12.1 Å². The number of hydrogen-bond acceptors (Lipinski definition) is 3. The number of rotatable bonds is 6. The van der Waals surface area contributed by atoms with E-state index >= 15 is 0 Å². The van der Waals surface area contributed by atoms with E-state index in [1.807, 2.05) is 42.6 Å². The Morgan fingerprint density at radius 1 is 1.00 bits per heavy atom. The van der Waals surface area contributed by atoms with Crippen molar-refractivity contribution in [2.45, 2.75) is 6.42 Å². The van der Waals surface area contributed by atoms with Crippen LogP contribution in [0.3, 0.4) is 0 Å². The van der Waals surface area contributed by atoms with Crippen LogP contribution in [0.4, 0.5) is 4.39 Å². The molecule has 0 atom stereocenters. The average molecular weight is 389 g/mol. The standard InChI is InChI=1S/C23H20FN3O2/c1-29-20-9-2-16(3-10-20)12-13-25-23(28)21-15-27-14-18(6-11-22(27)26-21)17-4-7-19(24)8-5-17/h2-11,14-15H,12-13H2,1H3,(H,25,28). The third-order valence-corrected chi connectivity index (χ3v) is 4.72. The van der Waals surface area contributed by atoms with Crippen molar-refractivity contribution < 1.29 is 13.9 Å². The molecule has 0 aliphatic heterocycles. The van der Waals surface area contributed by atoms with E-state index in [2.05, 4.69) is 10.3 Å². The average Bonchev–Trinajstić information content (AvgIpc) is 3.18. The summed E-state index contributed by atoms with van der Waals surface area (Å²) in [5, 5.41) is 2.90. The molecule has 2 heterocycles. The zero-order chi connectivity index (χ0) is 20.2. The number of nitrogens with zero attached hydrogens (tertiary/aromatic N) is 2. The SMILES string of the molecule is COc1ccc(CCNC(=O)c2cn3cc(-c4ccc(F)cc4)ccc3n2)cc1. The Morgan fingerprint density at radius 3 is 2.45 bits per heavy atom. The monoisotopic (exact) mass is 389 g/mol. The number of amides is 1. The number of carbonyl (C=O) groups is 1. The molecule has 4 aromatic rings. The molecule has 2 aromatic heterocycles. The Balaban J connectivity index is 1.42. The molecule has 0 fully saturated rings. The smallest absolute Gasteiger partial charge is 0.271 e. The fourth-order valence-electron chi connectivity index (χ4n) is 3.12. The highest BCUT2D eigenvalue weighted by molar-refractivity contribution is 5.92. The summed E-state index contributed by atoms with van der Waals surface area (Å²) in [6.45, 7) is 0.514. The number of pyridine rings is 1. The molecule has 0 saturated carbocycles. The lowest BCUT2D eigenvalue weighted by molar-refractivity contribution is 0.0949. The summed E-state index contributed by atoms with van der Waals surface area (Å²) in [6.07, 6.45) is 4.30. The van der Waals surface area contributed by atoms with Crippen LogP contribution >= 0.6 is 0 Å². The van der Waals surface area contributed by atoms with E-state index in [9.17, 15) is 9.18 Å². The van der Waals surface area contributed by atoms with Crippen molar-refractivity contribution in [3.05, 3.63) is 90.1 Å². The zero-order valence-electron chi connectivity index (χ0n) is 15.9. The number of hydrogen-bond donors (Lipinski definition) is 1. The van der Waals surface area contributed by atoms with Crippen LogP contribution in [-0.4, -0.2) is 28.9 Å². The fourth-order valence-corrected chi connectivity index (χ4v) is 3.12. The van der Waals surface area contributed by atoms with E-state index in [-0.39, 0.29) is 11.7 Å². The minimum atomic E-state index is -0.272. The molecule has 0 aliphatic rings. The lowest BCUT2D eigenvalue weighted by Gasteiger charge is -2.05. The predicted octanol–water partition coefficient (Wildman–Crippen LogP) is 4.12. The number of ether oxygens (including phenoxy) is 1. The molecule has 0 aliphatic carbocycles. The van der Waals surface area contributed by atoms with Crippen molar-refractivity contribution in [3.63, 3.8) is 0 Å². The molecule has 0 saturated heterocycles. The maximum Gasteiger partial charge on any atom is 0.271 e. The van der Waals surface area contributed by atoms with Gasteiger partial charge in [0.25, 0.3) is 5.91 Å². The van der Waals surface area contributed by atoms with Gasteiger partial charge in [-0.3, -0.25) is 4.79 Å². The van der Waals surface area contributed by atoms with E-state index in [4.69, 9.17) is 4.74 Å². The van der Waals surface area contributed by atoms with Crippen molar-refractivity contribution in [2.75, 3.05) is 13.7 Å². The highest BCUT2D eigenvalue weighted by Gasteiger charge is 2.11. The van der Waals surface area contributed by atoms with Gasteiger partial charge in [-0.1, -0.05) is 24.3 Å². The molecule has 1 amide bonds. The van der Waals surface area contributed by atoms with Gasteiger partial charge in [-0.05, 0) is 59.5 Å². The Bertz CT molecular complexity index is 1140. The Labute approximate surface area is 167 Å². The zero-order valence-corrected chi connectivity index (χ0v) is 15.9. The number of fused-ring (bicyclic) bond motifs is 1. The second-order valence-electron chi connectivity index (χ2n) is 6.67. The number of benzene rings is 2. The normalized spacial score (nSPS) is 10.8. The maximum atomic E-state index is 13.1. The van der Waals surface area contributed by atoms with Gasteiger partial charge in [0.2, 0.25) is 0 Å². The van der Waals surface area contributed by atoms with Gasteiger partial charge in [-0.25, -0.2) is 9.37 Å². The van der Waals surface area contributed by atoms with Gasteiger partial charge in [0, 0.05) is 18.9 Å². The van der Waals surface area contributed by atoms with Crippen LogP contribution in [0.5, 0.6) is 5.75 Å². The highest BCUT2D eigenvalue weighted by atomic mass is 19.1. The van der Waals surface area contributed by atoms with E-state index < -0.39 is 0 Å². The lowest BCUT2D eigenvalue weighted by Crippen LogP contribution is -2.25. The van der Waals surface area contributed by atoms with Crippen LogP contribution in [0, 0.1) is 5.82 Å². The molecule has 0 spiro atoms. The molecule has 0 bridgehead atoms. The molecule has 29 heavy (non-hydrogen) atoms. The largest absolute Gasteiger partial charge is 0.497 e. The number of methoxy groups -OCH3 is 1. The van der Waals surface area contributed by atoms with Crippen molar-refractivity contribution >= 4 is 11.6 Å². The molecule has 146 valence electrons. The summed E-state index contributed by atoms with van der Waals surface area (Å²) in [4.78, 5) is 16.8. The van der Waals surface area contributed by atoms with Crippen LogP contribution in [0.1, 0.15) is 16.1 Å². The molecule has 1 N–H and O–H groups in total. The number of aromatic nitrogens is 2. The first kappa shape index (κ1) is 18.7. The van der Waals surface area contributed by atoms with Crippen molar-refractivity contribution in [1.29, 1.82) is 0 Å². The molecule has 0 unspecified atom stereocenters. The van der Waals surface area contributed by atoms with Gasteiger partial charge in [0.1, 0.15) is 22.9 Å². The Kier molecular flexibility index (Phi) is 5.24. The van der Waals surface area contributed by atoms with Gasteiger partial charge >= 0.3 is 0 Å². The topological polar surface area (TPSA) is 55.6 Å². The number of nitrogens with one attached hydrogen (secondary N) is 1. The van der Waals surface area contributed by atoms with Crippen molar-refractivity contribution in [3.8, 4) is 16.9 Å². The highest BCUT2D eigenvalue weighted by Crippen LogP contribution is 2.20. The fraction of sp³-hybridized carbons (Fsp3) is 0.130. The first-order valence-electron chi connectivity index (χ1n) is 9.28. The first-order valence-corrected chi connectivity index (χ1v) is 9.28. The van der Waals surface area contributed by atoms with Gasteiger partial charge in [0.05, 0.1) is 7.11 Å². The molecule has 6 heteroatoms. The van der Waals surface area contributed by atoms with Crippen molar-refractivity contribution in [1.82, 2.24) is 14.7 Å². The molecule has 4 rings (SSSR count). The van der Waals surface area contributed by atoms with Crippen LogP contribution in [0.2, 0.25) is 0 Å². The summed E-state index contributed by atoms with van der Waals surface area (Å²) < 4.78 is 20.1. The Morgan fingerprint density at radius 2 is 1.72 bits per heavy atom. The molecule has 5 nitrogen and oxygen atoms in total. The minimum Gasteiger partial charge on any atom is -0.497 e. The maximum absolute atomic E-state index is 13.1. The van der Waals surface area contributed by atoms with Crippen molar-refractivity contribution in [2.24, 2.45) is 0 Å². The number of halogens is 1. The second kappa shape index (κ2) is 8.14. The van der Waals surface area contributed by atoms with Gasteiger partial charge in [-0.15, -0.1) is 0 Å². The first-order chi connectivity index (χ1) is 14.1. The molecule has 0 radical (unpaired) electrons. The van der Waals surface area contributed by atoms with E-state index in [0.29, 0.717) is 17.9 Å². The molecular weight excluding hydrogens is 369 g/mol. The predicted molar refractivity (Wildman–Crippen MR) is 110 cm³/mol. The second-order valence-corrected chi connectivity index (χ2v) is 6.67.